The molecule has 1 fully saturated rings. The van der Waals surface area contributed by atoms with Gasteiger partial charge in [0.15, 0.2) is 0 Å². The standard InChI is InChI=1S/C13H15ClF2N2O2/c14-9-6-8(2-3-10(9)20-12(15)16)18-11(19)7-13(17)4-1-5-13/h2-3,6,12H,1,4-5,7,17H2,(H,18,19). The van der Waals surface area contributed by atoms with Crippen LogP contribution >= 0.6 is 11.6 Å². The van der Waals surface area contributed by atoms with Crippen molar-refractivity contribution in [2.24, 2.45) is 5.73 Å². The minimum absolute atomic E-state index is 0.00852. The molecule has 0 bridgehead atoms. The number of alkyl halides is 2. The van der Waals surface area contributed by atoms with Crippen LogP contribution in [0.4, 0.5) is 14.5 Å². The molecule has 0 aliphatic heterocycles. The molecule has 0 saturated heterocycles. The second-order valence-corrected chi connectivity index (χ2v) is 5.37. The minimum atomic E-state index is -2.94. The smallest absolute Gasteiger partial charge is 0.387 e. The Kier molecular flexibility index (Phi) is 4.45. The van der Waals surface area contributed by atoms with Crippen LogP contribution < -0.4 is 15.8 Å². The number of amides is 1. The molecule has 110 valence electrons. The van der Waals surface area contributed by atoms with Gasteiger partial charge < -0.3 is 15.8 Å². The Morgan fingerprint density at radius 2 is 2.20 bits per heavy atom. The molecule has 1 aliphatic carbocycles. The van der Waals surface area contributed by atoms with Crippen molar-refractivity contribution in [3.8, 4) is 5.75 Å². The highest BCUT2D eigenvalue weighted by Crippen LogP contribution is 2.33. The number of rotatable bonds is 5. The van der Waals surface area contributed by atoms with E-state index < -0.39 is 12.2 Å². The fraction of sp³-hybridized carbons (Fsp3) is 0.462. The van der Waals surface area contributed by atoms with Crippen molar-refractivity contribution < 1.29 is 18.3 Å². The van der Waals surface area contributed by atoms with Crippen LogP contribution in [-0.4, -0.2) is 18.1 Å². The number of nitrogens with one attached hydrogen (secondary N) is 1. The second kappa shape index (κ2) is 5.93. The van der Waals surface area contributed by atoms with Gasteiger partial charge in [-0.05, 0) is 37.5 Å². The molecule has 2 rings (SSSR count). The molecular weight excluding hydrogens is 290 g/mol. The van der Waals surface area contributed by atoms with Gasteiger partial charge in [-0.2, -0.15) is 8.78 Å². The molecule has 7 heteroatoms. The lowest BCUT2D eigenvalue weighted by Gasteiger charge is -2.37. The topological polar surface area (TPSA) is 64.4 Å². The van der Waals surface area contributed by atoms with Gasteiger partial charge in [0.2, 0.25) is 5.91 Å². The summed E-state index contributed by atoms with van der Waals surface area (Å²) in [5.74, 6) is -0.347. The number of ether oxygens (including phenoxy) is 1. The third-order valence-electron chi connectivity index (χ3n) is 3.29. The predicted molar refractivity (Wildman–Crippen MR) is 72.1 cm³/mol. The third kappa shape index (κ3) is 3.80. The number of carbonyl (C=O) groups excluding carboxylic acids is 1. The maximum absolute atomic E-state index is 12.1. The van der Waals surface area contributed by atoms with E-state index in [0.29, 0.717) is 5.69 Å². The summed E-state index contributed by atoms with van der Waals surface area (Å²) in [4.78, 5) is 11.8. The molecular formula is C13H15ClF2N2O2. The highest BCUT2D eigenvalue weighted by atomic mass is 35.5. The highest BCUT2D eigenvalue weighted by Gasteiger charge is 2.34. The summed E-state index contributed by atoms with van der Waals surface area (Å²) in [6.45, 7) is -2.94. The van der Waals surface area contributed by atoms with Gasteiger partial charge in [0.1, 0.15) is 5.75 Å². The molecule has 1 aliphatic rings. The molecule has 0 unspecified atom stereocenters. The van der Waals surface area contributed by atoms with E-state index in [9.17, 15) is 13.6 Å². The van der Waals surface area contributed by atoms with Crippen molar-refractivity contribution in [2.75, 3.05) is 5.32 Å². The highest BCUT2D eigenvalue weighted by molar-refractivity contribution is 6.32. The number of nitrogens with two attached hydrogens (primary N) is 1. The van der Waals surface area contributed by atoms with Crippen LogP contribution in [0.3, 0.4) is 0 Å². The molecule has 1 aromatic carbocycles. The van der Waals surface area contributed by atoms with Crippen LogP contribution in [-0.2, 0) is 4.79 Å². The first-order valence-corrected chi connectivity index (χ1v) is 6.59. The quantitative estimate of drug-likeness (QED) is 0.878. The van der Waals surface area contributed by atoms with Gasteiger partial charge in [-0.3, -0.25) is 4.79 Å². The van der Waals surface area contributed by atoms with Crippen molar-refractivity contribution >= 4 is 23.2 Å². The molecule has 0 radical (unpaired) electrons. The first-order valence-electron chi connectivity index (χ1n) is 6.21. The van der Waals surface area contributed by atoms with E-state index in [4.69, 9.17) is 17.3 Å². The van der Waals surface area contributed by atoms with Gasteiger partial charge in [0.05, 0.1) is 5.02 Å². The lowest BCUT2D eigenvalue weighted by atomic mass is 9.75. The van der Waals surface area contributed by atoms with E-state index in [1.54, 1.807) is 0 Å². The minimum Gasteiger partial charge on any atom is -0.433 e. The molecule has 1 amide bonds. The molecule has 3 N–H and O–H groups in total. The monoisotopic (exact) mass is 304 g/mol. The van der Waals surface area contributed by atoms with E-state index in [2.05, 4.69) is 10.1 Å². The predicted octanol–water partition coefficient (Wildman–Crippen LogP) is 3.15. The van der Waals surface area contributed by atoms with Gasteiger partial charge in [-0.25, -0.2) is 0 Å². The number of hydrogen-bond acceptors (Lipinski definition) is 3. The van der Waals surface area contributed by atoms with Crippen molar-refractivity contribution in [2.45, 2.75) is 37.8 Å². The third-order valence-corrected chi connectivity index (χ3v) is 3.59. The number of benzene rings is 1. The Balaban J connectivity index is 1.95. The van der Waals surface area contributed by atoms with Crippen LogP contribution in [0.25, 0.3) is 0 Å². The zero-order valence-corrected chi connectivity index (χ0v) is 11.4. The molecule has 4 nitrogen and oxygen atoms in total. The average Bonchev–Trinajstić information content (AvgIpc) is 2.30. The fourth-order valence-corrected chi connectivity index (χ4v) is 2.33. The maximum Gasteiger partial charge on any atom is 0.387 e. The van der Waals surface area contributed by atoms with E-state index in [1.807, 2.05) is 0 Å². The van der Waals surface area contributed by atoms with Crippen LogP contribution in [0.15, 0.2) is 18.2 Å². The number of halogens is 3. The van der Waals surface area contributed by atoms with Gasteiger partial charge in [-0.15, -0.1) is 0 Å². The molecule has 20 heavy (non-hydrogen) atoms. The van der Waals surface area contributed by atoms with Crippen LogP contribution in [0, 0.1) is 0 Å². The van der Waals surface area contributed by atoms with Crippen molar-refractivity contribution in [1.82, 2.24) is 0 Å². The summed E-state index contributed by atoms with van der Waals surface area (Å²) in [7, 11) is 0. The van der Waals surface area contributed by atoms with Crippen molar-refractivity contribution in [3.05, 3.63) is 23.2 Å². The number of carbonyl (C=O) groups is 1. The molecule has 0 spiro atoms. The Bertz CT molecular complexity index is 507. The van der Waals surface area contributed by atoms with E-state index in [-0.39, 0.29) is 23.1 Å². The van der Waals surface area contributed by atoms with Crippen molar-refractivity contribution in [1.29, 1.82) is 0 Å². The van der Waals surface area contributed by atoms with E-state index in [1.165, 1.54) is 18.2 Å². The lowest BCUT2D eigenvalue weighted by Crippen LogP contribution is -2.48. The first kappa shape index (κ1) is 15.0. The van der Waals surface area contributed by atoms with Crippen LogP contribution in [0.2, 0.25) is 5.02 Å². The summed E-state index contributed by atoms with van der Waals surface area (Å²) in [5, 5.41) is 2.65. The Morgan fingerprint density at radius 1 is 1.50 bits per heavy atom. The van der Waals surface area contributed by atoms with Gasteiger partial charge >= 0.3 is 6.61 Å². The Hall–Kier alpha value is -1.40. The summed E-state index contributed by atoms with van der Waals surface area (Å²) >= 11 is 5.79. The molecule has 0 aromatic heterocycles. The van der Waals surface area contributed by atoms with Gasteiger partial charge in [0.25, 0.3) is 0 Å². The molecule has 0 atom stereocenters. The molecule has 1 aromatic rings. The van der Waals surface area contributed by atoms with Gasteiger partial charge in [-0.1, -0.05) is 11.6 Å². The van der Waals surface area contributed by atoms with Crippen LogP contribution in [0.1, 0.15) is 25.7 Å². The largest absolute Gasteiger partial charge is 0.433 e. The zero-order chi connectivity index (χ0) is 14.8. The first-order chi connectivity index (χ1) is 9.38. The number of anilines is 1. The maximum atomic E-state index is 12.1. The van der Waals surface area contributed by atoms with Gasteiger partial charge in [0, 0.05) is 17.6 Å². The van der Waals surface area contributed by atoms with Crippen molar-refractivity contribution in [3.63, 3.8) is 0 Å². The van der Waals surface area contributed by atoms with Crippen LogP contribution in [0.5, 0.6) is 5.75 Å². The normalized spacial score (nSPS) is 16.6. The fourth-order valence-electron chi connectivity index (χ4n) is 2.10. The zero-order valence-electron chi connectivity index (χ0n) is 10.7. The lowest BCUT2D eigenvalue weighted by molar-refractivity contribution is -0.118. The summed E-state index contributed by atoms with van der Waals surface area (Å²) < 4.78 is 28.4. The second-order valence-electron chi connectivity index (χ2n) is 4.96. The number of hydrogen-bond donors (Lipinski definition) is 2. The van der Waals surface area contributed by atoms with E-state index >= 15 is 0 Å². The molecule has 1 saturated carbocycles. The molecule has 0 heterocycles. The Labute approximate surface area is 120 Å². The van der Waals surface area contributed by atoms with E-state index in [0.717, 1.165) is 19.3 Å². The summed E-state index contributed by atoms with van der Waals surface area (Å²) in [6, 6.07) is 4.10. The summed E-state index contributed by atoms with van der Waals surface area (Å²) in [5.41, 5.74) is 5.99. The summed E-state index contributed by atoms with van der Waals surface area (Å²) in [6.07, 6.45) is 2.94. The Morgan fingerprint density at radius 3 is 2.70 bits per heavy atom. The SMILES string of the molecule is NC1(CC(=O)Nc2ccc(OC(F)F)c(Cl)c2)CCC1. The average molecular weight is 305 g/mol.